The molecular weight excluding hydrogens is 406 g/mol. The number of hydrogen-bond acceptors (Lipinski definition) is 7. The molecule has 5 rings (SSSR count). The third-order valence-electron chi connectivity index (χ3n) is 5.63. The summed E-state index contributed by atoms with van der Waals surface area (Å²) in [4.78, 5) is 13.1. The van der Waals surface area contributed by atoms with Gasteiger partial charge in [-0.3, -0.25) is 9.98 Å². The molecule has 3 atom stereocenters. The van der Waals surface area contributed by atoms with Gasteiger partial charge in [0.15, 0.2) is 22.6 Å². The van der Waals surface area contributed by atoms with Crippen LogP contribution in [0.4, 0.5) is 20.3 Å². The van der Waals surface area contributed by atoms with Crippen molar-refractivity contribution < 1.29 is 8.78 Å². The molecule has 1 fully saturated rings. The van der Waals surface area contributed by atoms with Crippen LogP contribution in [0.2, 0.25) is 0 Å². The Morgan fingerprint density at radius 3 is 2.93 bits per heavy atom. The second kappa shape index (κ2) is 6.64. The first kappa shape index (κ1) is 18.8. The molecule has 0 spiro atoms. The molecule has 1 aliphatic carbocycles. The summed E-state index contributed by atoms with van der Waals surface area (Å²) in [6, 6.07) is 8.11. The fourth-order valence-electron chi connectivity index (χ4n) is 4.03. The molecule has 9 heteroatoms. The Bertz CT molecular complexity index is 1270. The normalized spacial score (nSPS) is 24.7. The van der Waals surface area contributed by atoms with E-state index in [1.807, 2.05) is 6.07 Å². The van der Waals surface area contributed by atoms with Gasteiger partial charge in [-0.15, -0.1) is 0 Å². The summed E-state index contributed by atoms with van der Waals surface area (Å²) in [5.41, 5.74) is 6.46. The summed E-state index contributed by atoms with van der Waals surface area (Å²) < 4.78 is 29.4. The molecule has 3 aromatic rings. The van der Waals surface area contributed by atoms with Gasteiger partial charge < -0.3 is 11.1 Å². The molecule has 150 valence electrons. The Morgan fingerprint density at radius 2 is 2.13 bits per heavy atom. The smallest absolute Gasteiger partial charge is 0.164 e. The maximum atomic E-state index is 14.8. The highest BCUT2D eigenvalue weighted by molar-refractivity contribution is 8.14. The van der Waals surface area contributed by atoms with E-state index in [1.165, 1.54) is 18.0 Å². The second-order valence-corrected chi connectivity index (χ2v) is 8.87. The van der Waals surface area contributed by atoms with E-state index in [1.54, 1.807) is 31.3 Å². The molecule has 0 bridgehead atoms. The minimum atomic E-state index is -0.972. The SMILES string of the molecule is C[C@@]1(c2cc(Nc3nccc4cc(C#N)cnc34)cc(F)c2F)N=C(N)S[C@H]2C[C@H]21. The van der Waals surface area contributed by atoms with Crippen molar-refractivity contribution in [2.45, 2.75) is 24.1 Å². The van der Waals surface area contributed by atoms with Crippen molar-refractivity contribution in [3.05, 3.63) is 59.4 Å². The molecule has 0 amide bonds. The third-order valence-corrected chi connectivity index (χ3v) is 6.79. The van der Waals surface area contributed by atoms with Crippen molar-refractivity contribution >= 4 is 39.3 Å². The summed E-state index contributed by atoms with van der Waals surface area (Å²) in [6.07, 6.45) is 3.87. The maximum Gasteiger partial charge on any atom is 0.164 e. The highest BCUT2D eigenvalue weighted by Gasteiger charge is 2.56. The van der Waals surface area contributed by atoms with Crippen molar-refractivity contribution in [2.24, 2.45) is 16.6 Å². The van der Waals surface area contributed by atoms with Crippen molar-refractivity contribution in [1.82, 2.24) is 9.97 Å². The Balaban J connectivity index is 1.58. The zero-order valence-corrected chi connectivity index (χ0v) is 16.7. The van der Waals surface area contributed by atoms with Gasteiger partial charge in [0.1, 0.15) is 11.6 Å². The number of aliphatic imine (C=N–C) groups is 1. The number of halogens is 2. The zero-order chi connectivity index (χ0) is 21.0. The van der Waals surface area contributed by atoms with Gasteiger partial charge in [-0.25, -0.2) is 13.8 Å². The van der Waals surface area contributed by atoms with E-state index in [0.717, 1.165) is 12.5 Å². The number of nitrogens with zero attached hydrogens (tertiary/aromatic N) is 4. The number of nitrogens with two attached hydrogens (primary N) is 1. The molecule has 1 aliphatic heterocycles. The van der Waals surface area contributed by atoms with Gasteiger partial charge in [0.2, 0.25) is 0 Å². The van der Waals surface area contributed by atoms with E-state index >= 15 is 0 Å². The van der Waals surface area contributed by atoms with Crippen LogP contribution in [0.3, 0.4) is 0 Å². The van der Waals surface area contributed by atoms with Crippen molar-refractivity contribution in [3.63, 3.8) is 0 Å². The number of anilines is 2. The predicted octanol–water partition coefficient (Wildman–Crippen LogP) is 4.19. The molecule has 2 aliphatic rings. The van der Waals surface area contributed by atoms with Crippen LogP contribution in [0, 0.1) is 28.9 Å². The fourth-order valence-corrected chi connectivity index (χ4v) is 5.31. The summed E-state index contributed by atoms with van der Waals surface area (Å²) in [5, 5.41) is 13.5. The van der Waals surface area contributed by atoms with E-state index in [-0.39, 0.29) is 16.7 Å². The van der Waals surface area contributed by atoms with Gasteiger partial charge in [-0.05, 0) is 31.5 Å². The number of pyridine rings is 2. The van der Waals surface area contributed by atoms with Gasteiger partial charge in [0.05, 0.1) is 11.1 Å². The average molecular weight is 422 g/mol. The maximum absolute atomic E-state index is 14.8. The van der Waals surface area contributed by atoms with Crippen LogP contribution >= 0.6 is 11.8 Å². The highest BCUT2D eigenvalue weighted by Crippen LogP contribution is 2.58. The Hall–Kier alpha value is -3.25. The largest absolute Gasteiger partial charge is 0.379 e. The summed E-state index contributed by atoms with van der Waals surface area (Å²) >= 11 is 1.49. The van der Waals surface area contributed by atoms with Crippen LogP contribution in [0.15, 0.2) is 41.7 Å². The van der Waals surface area contributed by atoms with Crippen LogP contribution in [-0.2, 0) is 5.54 Å². The van der Waals surface area contributed by atoms with E-state index in [4.69, 9.17) is 11.0 Å². The zero-order valence-electron chi connectivity index (χ0n) is 15.9. The number of hydrogen-bond donors (Lipinski definition) is 2. The van der Waals surface area contributed by atoms with Crippen molar-refractivity contribution in [1.29, 1.82) is 5.26 Å². The monoisotopic (exact) mass is 422 g/mol. The summed E-state index contributed by atoms with van der Waals surface area (Å²) in [7, 11) is 0. The molecule has 3 heterocycles. The van der Waals surface area contributed by atoms with Gasteiger partial charge in [0, 0.05) is 46.3 Å². The molecule has 1 saturated carbocycles. The number of fused-ring (bicyclic) bond motifs is 2. The van der Waals surface area contributed by atoms with Crippen LogP contribution in [0.1, 0.15) is 24.5 Å². The quantitative estimate of drug-likeness (QED) is 0.657. The molecule has 0 saturated heterocycles. The van der Waals surface area contributed by atoms with Crippen molar-refractivity contribution in [2.75, 3.05) is 5.32 Å². The molecule has 0 unspecified atom stereocenters. The van der Waals surface area contributed by atoms with Crippen LogP contribution in [-0.4, -0.2) is 20.4 Å². The molecular formula is C21H16F2N6S. The Labute approximate surface area is 175 Å². The molecule has 30 heavy (non-hydrogen) atoms. The molecule has 6 nitrogen and oxygen atoms in total. The minimum Gasteiger partial charge on any atom is -0.379 e. The number of amidine groups is 1. The number of thioether (sulfide) groups is 1. The number of benzene rings is 1. The minimum absolute atomic E-state index is 0.112. The van der Waals surface area contributed by atoms with E-state index in [2.05, 4.69) is 20.3 Å². The standard InChI is InChI=1S/C21H16F2N6S/c1-21(13-7-16(13)30-20(25)29-21)14-5-12(6-15(22)17(14)23)28-19-18-11(2-3-26-19)4-10(8-24)9-27-18/h2-6,9,13,16H,7H2,1H3,(H2,25,29)(H,26,28)/t13-,16+,21-/m1/s1. The lowest BCUT2D eigenvalue weighted by atomic mass is 9.86. The summed E-state index contributed by atoms with van der Waals surface area (Å²) in [5.74, 6) is -1.40. The number of aromatic nitrogens is 2. The Kier molecular flexibility index (Phi) is 4.15. The van der Waals surface area contributed by atoms with E-state index < -0.39 is 17.2 Å². The predicted molar refractivity (Wildman–Crippen MR) is 112 cm³/mol. The first-order valence-corrected chi connectivity index (χ1v) is 10.2. The molecule has 2 aromatic heterocycles. The lowest BCUT2D eigenvalue weighted by Crippen LogP contribution is -2.32. The van der Waals surface area contributed by atoms with Gasteiger partial charge >= 0.3 is 0 Å². The highest BCUT2D eigenvalue weighted by atomic mass is 32.2. The fraction of sp³-hybridized carbons (Fsp3) is 0.238. The topological polar surface area (TPSA) is 100.0 Å². The van der Waals surface area contributed by atoms with E-state index in [0.29, 0.717) is 33.1 Å². The van der Waals surface area contributed by atoms with Crippen LogP contribution < -0.4 is 11.1 Å². The summed E-state index contributed by atoms with van der Waals surface area (Å²) in [6.45, 7) is 1.80. The number of nitrogens with one attached hydrogen (secondary N) is 1. The molecule has 0 radical (unpaired) electrons. The van der Waals surface area contributed by atoms with Gasteiger partial charge in [0.25, 0.3) is 0 Å². The number of nitriles is 1. The first-order valence-electron chi connectivity index (χ1n) is 9.32. The average Bonchev–Trinajstić information content (AvgIpc) is 3.50. The van der Waals surface area contributed by atoms with Crippen LogP contribution in [0.25, 0.3) is 10.9 Å². The van der Waals surface area contributed by atoms with Gasteiger partial charge in [-0.1, -0.05) is 11.8 Å². The van der Waals surface area contributed by atoms with Gasteiger partial charge in [-0.2, -0.15) is 5.26 Å². The lowest BCUT2D eigenvalue weighted by Gasteiger charge is -2.30. The first-order chi connectivity index (χ1) is 14.4. The third kappa shape index (κ3) is 2.95. The van der Waals surface area contributed by atoms with Crippen molar-refractivity contribution in [3.8, 4) is 6.07 Å². The molecule has 1 aromatic carbocycles. The number of rotatable bonds is 3. The lowest BCUT2D eigenvalue weighted by molar-refractivity contribution is 0.393. The van der Waals surface area contributed by atoms with E-state index in [9.17, 15) is 8.78 Å². The Morgan fingerprint density at radius 1 is 1.30 bits per heavy atom. The second-order valence-electron chi connectivity index (χ2n) is 7.61. The van der Waals surface area contributed by atoms with Crippen LogP contribution in [0.5, 0.6) is 0 Å². The molecule has 3 N–H and O–H groups in total.